The van der Waals surface area contributed by atoms with Crippen LogP contribution in [0.2, 0.25) is 0 Å². The molecule has 4 rings (SSSR count). The Balaban J connectivity index is 1.42. The Morgan fingerprint density at radius 1 is 1.04 bits per heavy atom. The second-order valence-corrected chi connectivity index (χ2v) is 10.9. The SMILES string of the molecule is Cc1ccc(CN2C(SCCCc3ccccc3)=NC3CS(=O)(=O)CC32)cc1. The van der Waals surface area contributed by atoms with E-state index in [1.807, 2.05) is 6.07 Å². The molecule has 2 aliphatic rings. The maximum absolute atomic E-state index is 12.1. The van der Waals surface area contributed by atoms with Crippen LogP contribution in [0.15, 0.2) is 59.6 Å². The number of hydrogen-bond donors (Lipinski definition) is 0. The molecule has 2 aromatic carbocycles. The molecule has 0 aromatic heterocycles. The van der Waals surface area contributed by atoms with Crippen LogP contribution in [0.5, 0.6) is 0 Å². The first-order valence-electron chi connectivity index (χ1n) is 9.77. The molecule has 2 heterocycles. The fourth-order valence-electron chi connectivity index (χ4n) is 3.87. The monoisotopic (exact) mass is 414 g/mol. The number of aryl methyl sites for hydroxylation is 2. The van der Waals surface area contributed by atoms with Gasteiger partial charge in [0, 0.05) is 12.3 Å². The summed E-state index contributed by atoms with van der Waals surface area (Å²) in [5, 5.41) is 1.01. The van der Waals surface area contributed by atoms with E-state index < -0.39 is 9.84 Å². The van der Waals surface area contributed by atoms with E-state index in [2.05, 4.69) is 60.4 Å². The van der Waals surface area contributed by atoms with Crippen molar-refractivity contribution in [2.75, 3.05) is 17.3 Å². The van der Waals surface area contributed by atoms with Crippen molar-refractivity contribution < 1.29 is 8.42 Å². The van der Waals surface area contributed by atoms with Gasteiger partial charge in [0.2, 0.25) is 0 Å². The number of thioether (sulfide) groups is 1. The lowest BCUT2D eigenvalue weighted by Crippen LogP contribution is -2.38. The van der Waals surface area contributed by atoms with Crippen LogP contribution >= 0.6 is 11.8 Å². The van der Waals surface area contributed by atoms with Gasteiger partial charge < -0.3 is 4.90 Å². The second kappa shape index (κ2) is 8.29. The molecule has 28 heavy (non-hydrogen) atoms. The Hall–Kier alpha value is -1.79. The average molecular weight is 415 g/mol. The first-order valence-corrected chi connectivity index (χ1v) is 12.6. The average Bonchev–Trinajstić information content (AvgIpc) is 3.14. The minimum absolute atomic E-state index is 0.0112. The summed E-state index contributed by atoms with van der Waals surface area (Å²) in [7, 11) is -2.98. The van der Waals surface area contributed by atoms with Crippen molar-refractivity contribution in [2.45, 2.75) is 38.4 Å². The van der Waals surface area contributed by atoms with Gasteiger partial charge in [-0.05, 0) is 30.9 Å². The first kappa shape index (κ1) is 19.5. The molecule has 1 fully saturated rings. The van der Waals surface area contributed by atoms with Gasteiger partial charge in [0.05, 0.1) is 23.6 Å². The van der Waals surface area contributed by atoms with Crippen molar-refractivity contribution in [3.63, 3.8) is 0 Å². The molecule has 0 aliphatic carbocycles. The highest BCUT2D eigenvalue weighted by molar-refractivity contribution is 8.13. The smallest absolute Gasteiger partial charge is 0.160 e. The number of benzene rings is 2. The van der Waals surface area contributed by atoms with Crippen molar-refractivity contribution in [1.82, 2.24) is 4.90 Å². The summed E-state index contributed by atoms with van der Waals surface area (Å²) in [5.74, 6) is 1.40. The molecule has 0 spiro atoms. The van der Waals surface area contributed by atoms with Gasteiger partial charge >= 0.3 is 0 Å². The molecule has 4 nitrogen and oxygen atoms in total. The third kappa shape index (κ3) is 4.61. The van der Waals surface area contributed by atoms with Gasteiger partial charge in [-0.25, -0.2) is 8.42 Å². The predicted octanol–water partition coefficient (Wildman–Crippen LogP) is 3.70. The molecule has 1 saturated heterocycles. The number of nitrogens with zero attached hydrogens (tertiary/aromatic N) is 2. The number of hydrogen-bond acceptors (Lipinski definition) is 5. The molecule has 2 aliphatic heterocycles. The molecule has 6 heteroatoms. The molecule has 148 valence electrons. The Morgan fingerprint density at radius 2 is 1.79 bits per heavy atom. The van der Waals surface area contributed by atoms with Crippen molar-refractivity contribution in [3.8, 4) is 0 Å². The van der Waals surface area contributed by atoms with Gasteiger partial charge in [-0.3, -0.25) is 4.99 Å². The zero-order valence-electron chi connectivity index (χ0n) is 16.1. The zero-order valence-corrected chi connectivity index (χ0v) is 17.8. The van der Waals surface area contributed by atoms with Crippen molar-refractivity contribution in [1.29, 1.82) is 0 Å². The van der Waals surface area contributed by atoms with Gasteiger partial charge in [0.1, 0.15) is 0 Å². The van der Waals surface area contributed by atoms with Crippen LogP contribution in [0.3, 0.4) is 0 Å². The summed E-state index contributed by atoms with van der Waals surface area (Å²) >= 11 is 1.77. The van der Waals surface area contributed by atoms with Crippen LogP contribution < -0.4 is 0 Å². The van der Waals surface area contributed by atoms with Crippen molar-refractivity contribution >= 4 is 26.8 Å². The molecular weight excluding hydrogens is 388 g/mol. The van der Waals surface area contributed by atoms with Crippen LogP contribution in [0.4, 0.5) is 0 Å². The lowest BCUT2D eigenvalue weighted by molar-refractivity contribution is 0.343. The molecule has 0 bridgehead atoms. The van der Waals surface area contributed by atoms with E-state index in [9.17, 15) is 8.42 Å². The molecule has 2 aromatic rings. The summed E-state index contributed by atoms with van der Waals surface area (Å²) in [6.07, 6.45) is 2.14. The molecule has 0 amide bonds. The van der Waals surface area contributed by atoms with Crippen LogP contribution in [-0.4, -0.2) is 47.8 Å². The Bertz CT molecular complexity index is 940. The van der Waals surface area contributed by atoms with Gasteiger partial charge in [-0.2, -0.15) is 0 Å². The molecule has 0 saturated carbocycles. The highest BCUT2D eigenvalue weighted by Gasteiger charge is 2.46. The molecule has 0 N–H and O–H groups in total. The van der Waals surface area contributed by atoms with E-state index in [1.54, 1.807) is 11.8 Å². The fraction of sp³-hybridized carbons (Fsp3) is 0.409. The normalized spacial score (nSPS) is 22.9. The van der Waals surface area contributed by atoms with E-state index in [-0.39, 0.29) is 23.6 Å². The van der Waals surface area contributed by atoms with Gasteiger partial charge in [0.25, 0.3) is 0 Å². The lowest BCUT2D eigenvalue weighted by Gasteiger charge is -2.26. The van der Waals surface area contributed by atoms with Crippen molar-refractivity contribution in [3.05, 3.63) is 71.3 Å². The minimum atomic E-state index is -2.98. The third-order valence-electron chi connectivity index (χ3n) is 5.37. The summed E-state index contributed by atoms with van der Waals surface area (Å²) in [6.45, 7) is 2.80. The maximum Gasteiger partial charge on any atom is 0.160 e. The van der Waals surface area contributed by atoms with Gasteiger partial charge in [0.15, 0.2) is 15.0 Å². The number of aliphatic imine (C=N–C) groups is 1. The molecule has 0 radical (unpaired) electrons. The third-order valence-corrected chi connectivity index (χ3v) is 8.16. The Kier molecular flexibility index (Phi) is 5.78. The van der Waals surface area contributed by atoms with E-state index in [0.717, 1.165) is 30.3 Å². The predicted molar refractivity (Wildman–Crippen MR) is 118 cm³/mol. The maximum atomic E-state index is 12.1. The standard InChI is InChI=1S/C22H26N2O2S2/c1-17-9-11-19(12-10-17)14-24-21-16-28(25,26)15-20(21)23-22(24)27-13-5-8-18-6-3-2-4-7-18/h2-4,6-7,9-12,20-21H,5,8,13-16H2,1H3. The number of rotatable bonds is 6. The quantitative estimate of drug-likeness (QED) is 0.677. The highest BCUT2D eigenvalue weighted by Crippen LogP contribution is 2.32. The Morgan fingerprint density at radius 3 is 2.54 bits per heavy atom. The second-order valence-electron chi connectivity index (χ2n) is 7.67. The minimum Gasteiger partial charge on any atom is -0.341 e. The summed E-state index contributed by atoms with van der Waals surface area (Å²) in [5.41, 5.74) is 3.79. The van der Waals surface area contributed by atoms with Crippen LogP contribution in [0.25, 0.3) is 0 Å². The highest BCUT2D eigenvalue weighted by atomic mass is 32.2. The van der Waals surface area contributed by atoms with E-state index in [1.165, 1.54) is 16.7 Å². The Labute approximate surface area is 172 Å². The summed E-state index contributed by atoms with van der Waals surface area (Å²) in [4.78, 5) is 7.04. The molecule has 2 unspecified atom stereocenters. The van der Waals surface area contributed by atoms with Gasteiger partial charge in [-0.1, -0.05) is 71.9 Å². The van der Waals surface area contributed by atoms with E-state index in [0.29, 0.717) is 0 Å². The van der Waals surface area contributed by atoms with Gasteiger partial charge in [-0.15, -0.1) is 0 Å². The summed E-state index contributed by atoms with van der Waals surface area (Å²) in [6, 6.07) is 18.9. The van der Waals surface area contributed by atoms with Crippen LogP contribution in [0.1, 0.15) is 23.1 Å². The van der Waals surface area contributed by atoms with Crippen LogP contribution in [-0.2, 0) is 22.8 Å². The van der Waals surface area contributed by atoms with Crippen molar-refractivity contribution in [2.24, 2.45) is 4.99 Å². The van der Waals surface area contributed by atoms with Crippen LogP contribution in [0, 0.1) is 6.92 Å². The molecule has 2 atom stereocenters. The molecular formula is C22H26N2O2S2. The first-order chi connectivity index (χ1) is 13.5. The fourth-order valence-corrected chi connectivity index (χ4v) is 6.79. The lowest BCUT2D eigenvalue weighted by atomic mass is 10.1. The number of amidine groups is 1. The van der Waals surface area contributed by atoms with E-state index in [4.69, 9.17) is 4.99 Å². The topological polar surface area (TPSA) is 49.7 Å². The zero-order chi connectivity index (χ0) is 19.6. The van der Waals surface area contributed by atoms with E-state index >= 15 is 0 Å². The number of fused-ring (bicyclic) bond motifs is 1. The largest absolute Gasteiger partial charge is 0.341 e. The summed E-state index contributed by atoms with van der Waals surface area (Å²) < 4.78 is 24.2. The number of sulfone groups is 1.